The van der Waals surface area contributed by atoms with Crippen molar-refractivity contribution >= 4 is 6.21 Å². The first-order valence-corrected chi connectivity index (χ1v) is 2.79. The largest absolute Gasteiger partial charge is 0.411 e. The molecule has 0 amide bonds. The highest BCUT2D eigenvalue weighted by molar-refractivity contribution is 5.79. The van der Waals surface area contributed by atoms with Crippen LogP contribution < -0.4 is 0 Å². The monoisotopic (exact) mass is 156 g/mol. The fraction of sp³-hybridized carbons (Fsp3) is 0. The van der Waals surface area contributed by atoms with E-state index in [-0.39, 0.29) is 5.56 Å². The third kappa shape index (κ3) is 1.73. The van der Waals surface area contributed by atoms with Gasteiger partial charge in [0.05, 0.1) is 12.3 Å². The van der Waals surface area contributed by atoms with E-state index in [9.17, 15) is 8.78 Å². The smallest absolute Gasteiger partial charge is 0.143 e. The Balaban J connectivity index is 3.09. The molecule has 0 saturated heterocycles. The van der Waals surface area contributed by atoms with Crippen molar-refractivity contribution in [2.24, 2.45) is 5.16 Å². The summed E-state index contributed by atoms with van der Waals surface area (Å²) in [4.78, 5) is 0. The van der Waals surface area contributed by atoms with E-state index in [1.807, 2.05) is 0 Å². The molecule has 1 aromatic rings. The van der Waals surface area contributed by atoms with Gasteiger partial charge in [0.15, 0.2) is 0 Å². The Kier molecular flexibility index (Phi) is 2.15. The normalized spacial score (nSPS) is 10.7. The Bertz CT molecular complexity index is 286. The molecule has 1 rings (SSSR count). The molecule has 2 nitrogen and oxygen atoms in total. The molecule has 0 atom stereocenters. The predicted molar refractivity (Wildman–Crippen MR) is 34.6 cm³/mol. The predicted octanol–water partition coefficient (Wildman–Crippen LogP) is 1.57. The quantitative estimate of drug-likeness (QED) is 0.373. The van der Waals surface area contributed by atoms with Gasteiger partial charge < -0.3 is 5.21 Å². The van der Waals surface area contributed by atoms with Gasteiger partial charge in [-0.2, -0.15) is 0 Å². The molecular formula is C7H4F2NO. The fourth-order valence-corrected chi connectivity index (χ4v) is 0.617. The van der Waals surface area contributed by atoms with Crippen LogP contribution in [0.5, 0.6) is 0 Å². The minimum absolute atomic E-state index is 0.00565. The van der Waals surface area contributed by atoms with Gasteiger partial charge in [-0.1, -0.05) is 5.16 Å². The van der Waals surface area contributed by atoms with Gasteiger partial charge in [0.2, 0.25) is 0 Å². The van der Waals surface area contributed by atoms with Crippen molar-refractivity contribution in [2.45, 2.75) is 0 Å². The minimum atomic E-state index is -0.872. The third-order valence-corrected chi connectivity index (χ3v) is 1.09. The molecule has 1 radical (unpaired) electrons. The average Bonchev–Trinajstić information content (AvgIpc) is 1.95. The maximum Gasteiger partial charge on any atom is 0.143 e. The van der Waals surface area contributed by atoms with Crippen LogP contribution in [0.2, 0.25) is 0 Å². The number of hydrogen-bond donors (Lipinski definition) is 1. The van der Waals surface area contributed by atoms with E-state index in [4.69, 9.17) is 5.21 Å². The van der Waals surface area contributed by atoms with Gasteiger partial charge in [-0.3, -0.25) is 0 Å². The molecular weight excluding hydrogens is 152 g/mol. The molecule has 0 aliphatic heterocycles. The zero-order chi connectivity index (χ0) is 8.27. The zero-order valence-corrected chi connectivity index (χ0v) is 5.38. The van der Waals surface area contributed by atoms with E-state index in [1.54, 1.807) is 6.07 Å². The van der Waals surface area contributed by atoms with Crippen LogP contribution in [0.15, 0.2) is 17.3 Å². The molecule has 0 spiro atoms. The molecule has 0 aliphatic carbocycles. The van der Waals surface area contributed by atoms with Gasteiger partial charge in [-0.25, -0.2) is 8.78 Å². The summed E-state index contributed by atoms with van der Waals surface area (Å²) in [6.07, 6.45) is 0.866. The molecule has 1 N–H and O–H groups in total. The SMILES string of the molecule is ON=Cc1ccc(F)[c]c1F. The molecule has 0 fully saturated rings. The highest BCUT2D eigenvalue weighted by atomic mass is 19.1. The molecule has 0 heterocycles. The average molecular weight is 156 g/mol. The molecule has 4 heteroatoms. The van der Waals surface area contributed by atoms with E-state index in [0.29, 0.717) is 0 Å². The second-order valence-corrected chi connectivity index (χ2v) is 1.82. The summed E-state index contributed by atoms with van der Waals surface area (Å²) >= 11 is 0. The standard InChI is InChI=1S/C7H4F2NO/c8-6-2-1-5(4-10-11)7(9)3-6/h1-2,4,11H. The van der Waals surface area contributed by atoms with E-state index < -0.39 is 11.6 Å². The van der Waals surface area contributed by atoms with Crippen molar-refractivity contribution in [1.82, 2.24) is 0 Å². The van der Waals surface area contributed by atoms with Crippen molar-refractivity contribution in [3.05, 3.63) is 35.4 Å². The third-order valence-electron chi connectivity index (χ3n) is 1.09. The Morgan fingerprint density at radius 3 is 2.73 bits per heavy atom. The van der Waals surface area contributed by atoms with Gasteiger partial charge in [0.1, 0.15) is 11.6 Å². The van der Waals surface area contributed by atoms with Gasteiger partial charge in [0, 0.05) is 5.56 Å². The van der Waals surface area contributed by atoms with E-state index >= 15 is 0 Å². The molecule has 0 saturated carbocycles. The second kappa shape index (κ2) is 3.09. The van der Waals surface area contributed by atoms with Crippen LogP contribution in [-0.4, -0.2) is 11.4 Å². The van der Waals surface area contributed by atoms with Gasteiger partial charge in [-0.05, 0) is 12.1 Å². The van der Waals surface area contributed by atoms with Crippen LogP contribution in [0.3, 0.4) is 0 Å². The molecule has 57 valence electrons. The zero-order valence-electron chi connectivity index (χ0n) is 5.38. The molecule has 0 aromatic heterocycles. The van der Waals surface area contributed by atoms with Gasteiger partial charge >= 0.3 is 0 Å². The number of rotatable bonds is 1. The van der Waals surface area contributed by atoms with Crippen LogP contribution in [0, 0.1) is 17.7 Å². The summed E-state index contributed by atoms with van der Waals surface area (Å²) in [7, 11) is 0. The van der Waals surface area contributed by atoms with Crippen LogP contribution >= 0.6 is 0 Å². The van der Waals surface area contributed by atoms with E-state index in [2.05, 4.69) is 5.16 Å². The van der Waals surface area contributed by atoms with Crippen molar-refractivity contribution < 1.29 is 14.0 Å². The first kappa shape index (κ1) is 7.65. The van der Waals surface area contributed by atoms with Crippen molar-refractivity contribution in [1.29, 1.82) is 0 Å². The summed E-state index contributed by atoms with van der Waals surface area (Å²) in [5.41, 5.74) is -0.00565. The van der Waals surface area contributed by atoms with Crippen LogP contribution in [0.1, 0.15) is 5.56 Å². The molecule has 11 heavy (non-hydrogen) atoms. The second-order valence-electron chi connectivity index (χ2n) is 1.82. The minimum Gasteiger partial charge on any atom is -0.411 e. The lowest BCUT2D eigenvalue weighted by Crippen LogP contribution is -1.89. The number of hydrogen-bond acceptors (Lipinski definition) is 2. The summed E-state index contributed by atoms with van der Waals surface area (Å²) in [5.74, 6) is -1.65. The lowest BCUT2D eigenvalue weighted by molar-refractivity contribution is 0.321. The van der Waals surface area contributed by atoms with Gasteiger partial charge in [0.25, 0.3) is 0 Å². The Labute approximate surface area is 61.8 Å². The molecule has 0 unspecified atom stereocenters. The van der Waals surface area contributed by atoms with Crippen molar-refractivity contribution in [3.63, 3.8) is 0 Å². The summed E-state index contributed by atoms with van der Waals surface area (Å²) < 4.78 is 24.7. The van der Waals surface area contributed by atoms with Crippen molar-refractivity contribution in [3.8, 4) is 0 Å². The number of nitrogens with zero attached hydrogens (tertiary/aromatic N) is 1. The fourth-order valence-electron chi connectivity index (χ4n) is 0.617. The highest BCUT2D eigenvalue weighted by Crippen LogP contribution is 2.05. The van der Waals surface area contributed by atoms with Crippen LogP contribution in [0.25, 0.3) is 0 Å². The molecule has 0 bridgehead atoms. The number of oxime groups is 1. The topological polar surface area (TPSA) is 32.6 Å². The maximum absolute atomic E-state index is 12.5. The lowest BCUT2D eigenvalue weighted by Gasteiger charge is -1.92. The van der Waals surface area contributed by atoms with Crippen LogP contribution in [-0.2, 0) is 0 Å². The van der Waals surface area contributed by atoms with E-state index in [1.165, 1.54) is 0 Å². The summed E-state index contributed by atoms with van der Waals surface area (Å²) in [6, 6.07) is 3.97. The molecule has 0 aliphatic rings. The number of benzene rings is 1. The molecule has 1 aromatic carbocycles. The lowest BCUT2D eigenvalue weighted by atomic mass is 10.2. The Morgan fingerprint density at radius 1 is 1.45 bits per heavy atom. The highest BCUT2D eigenvalue weighted by Gasteiger charge is 2.00. The van der Waals surface area contributed by atoms with Gasteiger partial charge in [-0.15, -0.1) is 0 Å². The summed E-state index contributed by atoms with van der Waals surface area (Å²) in [6.45, 7) is 0. The Morgan fingerprint density at radius 2 is 2.18 bits per heavy atom. The Hall–Kier alpha value is -1.45. The first-order chi connectivity index (χ1) is 5.24. The van der Waals surface area contributed by atoms with Crippen molar-refractivity contribution in [2.75, 3.05) is 0 Å². The maximum atomic E-state index is 12.5. The first-order valence-electron chi connectivity index (χ1n) is 2.79. The summed E-state index contributed by atoms with van der Waals surface area (Å²) in [5, 5.41) is 10.6. The number of halogens is 2. The van der Waals surface area contributed by atoms with Crippen LogP contribution in [0.4, 0.5) is 8.78 Å². The van der Waals surface area contributed by atoms with E-state index in [0.717, 1.165) is 18.3 Å².